The predicted molar refractivity (Wildman–Crippen MR) is 79.6 cm³/mol. The first kappa shape index (κ1) is 14.8. The smallest absolute Gasteiger partial charge is 0.240 e. The summed E-state index contributed by atoms with van der Waals surface area (Å²) in [5.41, 5.74) is 6.88. The molecule has 2 aromatic carbocycles. The summed E-state index contributed by atoms with van der Waals surface area (Å²) in [6.45, 7) is 0. The van der Waals surface area contributed by atoms with Crippen LogP contribution < -0.4 is 16.2 Å². The van der Waals surface area contributed by atoms with E-state index >= 15 is 0 Å². The van der Waals surface area contributed by atoms with Gasteiger partial charge in [0, 0.05) is 11.4 Å². The molecule has 0 bridgehead atoms. The minimum absolute atomic E-state index is 0.0404. The predicted octanol–water partition coefficient (Wildman–Crippen LogP) is 2.56. The summed E-state index contributed by atoms with van der Waals surface area (Å²) in [6, 6.07) is 8.67. The molecule has 0 saturated carbocycles. The second-order valence-electron chi connectivity index (χ2n) is 4.05. The number of nitrogen functional groups attached to an aromatic ring is 1. The molecule has 2 rings (SSSR count). The molecule has 8 heteroatoms. The van der Waals surface area contributed by atoms with Crippen molar-refractivity contribution in [1.29, 1.82) is 0 Å². The number of halogens is 2. The van der Waals surface area contributed by atoms with Crippen molar-refractivity contribution in [3.05, 3.63) is 46.7 Å². The highest BCUT2D eigenvalue weighted by atomic mass is 79.9. The molecule has 0 spiro atoms. The topological polar surface area (TPSA) is 98.2 Å². The van der Waals surface area contributed by atoms with Crippen molar-refractivity contribution in [2.24, 2.45) is 5.14 Å². The van der Waals surface area contributed by atoms with Gasteiger partial charge in [0.05, 0.1) is 10.2 Å². The van der Waals surface area contributed by atoms with Gasteiger partial charge in [-0.25, -0.2) is 17.9 Å². The lowest BCUT2D eigenvalue weighted by Crippen LogP contribution is -2.14. The average Bonchev–Trinajstić information content (AvgIpc) is 2.32. The number of rotatable bonds is 3. The van der Waals surface area contributed by atoms with Crippen LogP contribution in [0.3, 0.4) is 0 Å². The number of sulfonamides is 1. The van der Waals surface area contributed by atoms with Gasteiger partial charge >= 0.3 is 0 Å². The van der Waals surface area contributed by atoms with Crippen LogP contribution in [0, 0.1) is 5.82 Å². The Labute approximate surface area is 124 Å². The first-order chi connectivity index (χ1) is 9.27. The molecule has 0 radical (unpaired) electrons. The van der Waals surface area contributed by atoms with Gasteiger partial charge < -0.3 is 11.1 Å². The molecule has 0 aliphatic rings. The Balaban J connectivity index is 2.31. The highest BCUT2D eigenvalue weighted by molar-refractivity contribution is 9.10. The molecule has 5 N–H and O–H groups in total. The molecule has 0 atom stereocenters. The lowest BCUT2D eigenvalue weighted by molar-refractivity contribution is 0.598. The van der Waals surface area contributed by atoms with E-state index in [0.717, 1.165) is 0 Å². The normalized spacial score (nSPS) is 11.3. The number of hydrogen-bond donors (Lipinski definition) is 3. The van der Waals surface area contributed by atoms with Gasteiger partial charge in [-0.05, 0) is 52.3 Å². The van der Waals surface area contributed by atoms with Crippen LogP contribution in [0.15, 0.2) is 45.8 Å². The lowest BCUT2D eigenvalue weighted by Gasteiger charge is -2.10. The van der Waals surface area contributed by atoms with Crippen LogP contribution in [0.5, 0.6) is 0 Å². The summed E-state index contributed by atoms with van der Waals surface area (Å²) in [5, 5.41) is 8.00. The minimum Gasteiger partial charge on any atom is -0.398 e. The maximum atomic E-state index is 13.1. The van der Waals surface area contributed by atoms with E-state index in [2.05, 4.69) is 21.2 Å². The van der Waals surface area contributed by atoms with Crippen LogP contribution in [0.25, 0.3) is 0 Å². The fourth-order valence-corrected chi connectivity index (χ4v) is 2.65. The number of hydrogen-bond acceptors (Lipinski definition) is 4. The van der Waals surface area contributed by atoms with Gasteiger partial charge in [0.1, 0.15) is 10.7 Å². The third-order valence-electron chi connectivity index (χ3n) is 2.52. The number of nitrogens with two attached hydrogens (primary N) is 2. The van der Waals surface area contributed by atoms with Gasteiger partial charge in [-0.1, -0.05) is 0 Å². The second kappa shape index (κ2) is 5.39. The van der Waals surface area contributed by atoms with Crippen LogP contribution in [0.1, 0.15) is 0 Å². The van der Waals surface area contributed by atoms with Crippen LogP contribution in [0.2, 0.25) is 0 Å². The highest BCUT2D eigenvalue weighted by Gasteiger charge is 2.12. The van der Waals surface area contributed by atoms with Gasteiger partial charge in [-0.2, -0.15) is 0 Å². The Hall–Kier alpha value is -1.64. The first-order valence-corrected chi connectivity index (χ1v) is 7.76. The molecule has 0 fully saturated rings. The summed E-state index contributed by atoms with van der Waals surface area (Å²) in [6.07, 6.45) is 0. The Morgan fingerprint density at radius 3 is 2.25 bits per heavy atom. The van der Waals surface area contributed by atoms with Crippen molar-refractivity contribution in [3.63, 3.8) is 0 Å². The number of primary sulfonamides is 1. The average molecular weight is 360 g/mol. The van der Waals surface area contributed by atoms with Crippen molar-refractivity contribution in [2.75, 3.05) is 11.1 Å². The van der Waals surface area contributed by atoms with Gasteiger partial charge in [-0.3, -0.25) is 0 Å². The van der Waals surface area contributed by atoms with E-state index in [0.29, 0.717) is 15.8 Å². The second-order valence-corrected chi connectivity index (χ2v) is 6.44. The van der Waals surface area contributed by atoms with Crippen LogP contribution in [-0.4, -0.2) is 8.42 Å². The van der Waals surface area contributed by atoms with E-state index in [1.807, 2.05) is 0 Å². The molecule has 0 saturated heterocycles. The fraction of sp³-hybridized carbons (Fsp3) is 0. The van der Waals surface area contributed by atoms with E-state index < -0.39 is 10.0 Å². The van der Waals surface area contributed by atoms with Crippen molar-refractivity contribution in [3.8, 4) is 0 Å². The largest absolute Gasteiger partial charge is 0.398 e. The van der Waals surface area contributed by atoms with Crippen LogP contribution in [0.4, 0.5) is 21.5 Å². The summed E-state index contributed by atoms with van der Waals surface area (Å²) < 4.78 is 35.9. The van der Waals surface area contributed by atoms with E-state index in [1.54, 1.807) is 12.1 Å². The number of nitrogens with one attached hydrogen (secondary N) is 1. The van der Waals surface area contributed by atoms with Crippen LogP contribution in [-0.2, 0) is 10.0 Å². The molecule has 0 unspecified atom stereocenters. The van der Waals surface area contributed by atoms with Crippen LogP contribution >= 0.6 is 15.9 Å². The number of benzene rings is 2. The SMILES string of the molecule is Nc1cc(Nc2ccc(F)c(Br)c2)ccc1S(N)(=O)=O. The maximum Gasteiger partial charge on any atom is 0.240 e. The summed E-state index contributed by atoms with van der Waals surface area (Å²) in [7, 11) is -3.85. The summed E-state index contributed by atoms with van der Waals surface area (Å²) >= 11 is 3.08. The van der Waals surface area contributed by atoms with Crippen molar-refractivity contribution < 1.29 is 12.8 Å². The quantitative estimate of drug-likeness (QED) is 0.733. The molecule has 0 aliphatic heterocycles. The van der Waals surface area contributed by atoms with Gasteiger partial charge in [-0.15, -0.1) is 0 Å². The Morgan fingerprint density at radius 1 is 1.10 bits per heavy atom. The first-order valence-electron chi connectivity index (χ1n) is 5.42. The van der Waals surface area contributed by atoms with E-state index in [4.69, 9.17) is 10.9 Å². The summed E-state index contributed by atoms with van der Waals surface area (Å²) in [4.78, 5) is -0.136. The number of anilines is 3. The molecule has 0 amide bonds. The molecular formula is C12H11BrFN3O2S. The molecule has 5 nitrogen and oxygen atoms in total. The zero-order valence-electron chi connectivity index (χ0n) is 10.1. The van der Waals surface area contributed by atoms with Crippen molar-refractivity contribution in [2.45, 2.75) is 4.90 Å². The Bertz CT molecular complexity index is 765. The third kappa shape index (κ3) is 3.27. The Kier molecular flexibility index (Phi) is 3.98. The van der Waals surface area contributed by atoms with Gasteiger partial charge in [0.25, 0.3) is 0 Å². The molecule has 0 heterocycles. The van der Waals surface area contributed by atoms with E-state index in [-0.39, 0.29) is 16.4 Å². The molecule has 20 heavy (non-hydrogen) atoms. The highest BCUT2D eigenvalue weighted by Crippen LogP contribution is 2.26. The zero-order chi connectivity index (χ0) is 14.9. The lowest BCUT2D eigenvalue weighted by atomic mass is 10.2. The summed E-state index contributed by atoms with van der Waals surface area (Å²) in [5.74, 6) is -0.375. The molecule has 106 valence electrons. The van der Waals surface area contributed by atoms with Crippen molar-refractivity contribution >= 4 is 43.0 Å². The minimum atomic E-state index is -3.85. The maximum absolute atomic E-state index is 13.1. The molecule has 2 aromatic rings. The monoisotopic (exact) mass is 359 g/mol. The van der Waals surface area contributed by atoms with Gasteiger partial charge in [0.15, 0.2) is 0 Å². The molecular weight excluding hydrogens is 349 g/mol. The van der Waals surface area contributed by atoms with E-state index in [9.17, 15) is 12.8 Å². The standard InChI is InChI=1S/C12H11BrFN3O2S/c13-9-5-7(1-3-10(9)14)17-8-2-4-12(11(15)6-8)20(16,18)19/h1-6,17H,15H2,(H2,16,18,19). The van der Waals surface area contributed by atoms with Crippen molar-refractivity contribution in [1.82, 2.24) is 0 Å². The third-order valence-corrected chi connectivity index (χ3v) is 4.12. The van der Waals surface area contributed by atoms with Gasteiger partial charge in [0.2, 0.25) is 10.0 Å². The molecule has 0 aliphatic carbocycles. The fourth-order valence-electron chi connectivity index (χ4n) is 1.63. The molecule has 0 aromatic heterocycles. The van der Waals surface area contributed by atoms with E-state index in [1.165, 1.54) is 24.3 Å². The zero-order valence-corrected chi connectivity index (χ0v) is 12.5. The Morgan fingerprint density at radius 2 is 1.70 bits per heavy atom.